The second-order valence-corrected chi connectivity index (χ2v) is 10.4. The van der Waals surface area contributed by atoms with E-state index in [2.05, 4.69) is 18.1 Å². The van der Waals surface area contributed by atoms with Crippen molar-refractivity contribution in [3.05, 3.63) is 41.2 Å². The van der Waals surface area contributed by atoms with Crippen molar-refractivity contribution in [3.8, 4) is 0 Å². The van der Waals surface area contributed by atoms with Gasteiger partial charge in [-0.1, -0.05) is 25.1 Å². The van der Waals surface area contributed by atoms with Gasteiger partial charge in [0.2, 0.25) is 15.9 Å². The highest BCUT2D eigenvalue weighted by Gasteiger charge is 2.33. The summed E-state index contributed by atoms with van der Waals surface area (Å²) in [5.74, 6) is 0.602. The number of nitrogens with zero attached hydrogens (tertiary/aromatic N) is 4. The fraction of sp³-hybridized carbons (Fsp3) is 0.545. The van der Waals surface area contributed by atoms with E-state index >= 15 is 0 Å². The Balaban J connectivity index is 1.48. The topological polar surface area (TPSA) is 75.5 Å². The summed E-state index contributed by atoms with van der Waals surface area (Å²) >= 11 is 0. The van der Waals surface area contributed by atoms with Crippen molar-refractivity contribution in [2.75, 3.05) is 24.5 Å². The number of sulfonamides is 1. The number of para-hydroxylation sites is 1. The predicted octanol–water partition coefficient (Wildman–Crippen LogP) is 2.90. The molecule has 2 aliphatic heterocycles. The Bertz CT molecular complexity index is 1050. The molecule has 0 radical (unpaired) electrons. The highest BCUT2D eigenvalue weighted by atomic mass is 32.2. The highest BCUT2D eigenvalue weighted by molar-refractivity contribution is 7.89. The minimum atomic E-state index is -3.57. The SMILES string of the molecule is Cc1nn(CCC(=O)N2CCc3ccccc32)c(C)c1S(=O)(=O)N1CCC(C)CC1. The van der Waals surface area contributed by atoms with Crippen LogP contribution in [0.5, 0.6) is 0 Å². The van der Waals surface area contributed by atoms with Crippen molar-refractivity contribution in [2.24, 2.45) is 5.92 Å². The summed E-state index contributed by atoms with van der Waals surface area (Å²) < 4.78 is 29.7. The molecule has 0 spiro atoms. The average Bonchev–Trinajstić information content (AvgIpc) is 3.27. The number of aromatic nitrogens is 2. The Kier molecular flexibility index (Phi) is 5.72. The molecule has 4 rings (SSSR count). The van der Waals surface area contributed by atoms with E-state index in [1.807, 2.05) is 23.1 Å². The molecule has 0 atom stereocenters. The summed E-state index contributed by atoms with van der Waals surface area (Å²) in [5, 5.41) is 4.47. The fourth-order valence-corrected chi connectivity index (χ4v) is 6.40. The third kappa shape index (κ3) is 3.78. The first-order chi connectivity index (χ1) is 14.3. The van der Waals surface area contributed by atoms with Crippen LogP contribution in [0.1, 0.15) is 43.1 Å². The number of amides is 1. The van der Waals surface area contributed by atoms with Gasteiger partial charge in [-0.2, -0.15) is 9.40 Å². The van der Waals surface area contributed by atoms with Crippen molar-refractivity contribution in [1.29, 1.82) is 0 Å². The number of aryl methyl sites for hydroxylation is 2. The van der Waals surface area contributed by atoms with Crippen LogP contribution in [0, 0.1) is 19.8 Å². The normalized spacial score (nSPS) is 18.0. The maximum Gasteiger partial charge on any atom is 0.246 e. The number of rotatable bonds is 5. The van der Waals surface area contributed by atoms with Gasteiger partial charge < -0.3 is 4.90 Å². The molecule has 1 saturated heterocycles. The molecule has 0 saturated carbocycles. The van der Waals surface area contributed by atoms with Crippen LogP contribution in [0.25, 0.3) is 0 Å². The molecule has 1 aromatic carbocycles. The average molecular weight is 431 g/mol. The van der Waals surface area contributed by atoms with Gasteiger partial charge in [-0.15, -0.1) is 0 Å². The van der Waals surface area contributed by atoms with E-state index in [1.54, 1.807) is 22.8 Å². The zero-order valence-corrected chi connectivity index (χ0v) is 18.8. The van der Waals surface area contributed by atoms with Crippen molar-refractivity contribution in [1.82, 2.24) is 14.1 Å². The van der Waals surface area contributed by atoms with Gasteiger partial charge in [0.25, 0.3) is 0 Å². The van der Waals surface area contributed by atoms with Gasteiger partial charge in [0, 0.05) is 31.7 Å². The van der Waals surface area contributed by atoms with Crippen LogP contribution in [0.3, 0.4) is 0 Å². The summed E-state index contributed by atoms with van der Waals surface area (Å²) in [6, 6.07) is 7.98. The second-order valence-electron chi connectivity index (χ2n) is 8.48. The van der Waals surface area contributed by atoms with E-state index in [4.69, 9.17) is 0 Å². The van der Waals surface area contributed by atoms with Crippen LogP contribution in [-0.4, -0.2) is 48.0 Å². The van der Waals surface area contributed by atoms with E-state index in [-0.39, 0.29) is 12.3 Å². The molecule has 0 N–H and O–H groups in total. The number of benzene rings is 1. The zero-order valence-electron chi connectivity index (χ0n) is 18.0. The Labute approximate surface area is 178 Å². The van der Waals surface area contributed by atoms with Gasteiger partial charge in [-0.05, 0) is 50.7 Å². The number of anilines is 1. The molecule has 1 aromatic heterocycles. The lowest BCUT2D eigenvalue weighted by molar-refractivity contribution is -0.118. The molecule has 2 aromatic rings. The summed E-state index contributed by atoms with van der Waals surface area (Å²) in [4.78, 5) is 14.9. The van der Waals surface area contributed by atoms with Crippen molar-refractivity contribution >= 4 is 21.6 Å². The zero-order chi connectivity index (χ0) is 21.5. The molecule has 1 amide bonds. The Hall–Kier alpha value is -2.19. The first-order valence-corrected chi connectivity index (χ1v) is 12.2. The van der Waals surface area contributed by atoms with Crippen LogP contribution in [-0.2, 0) is 27.8 Å². The molecule has 0 bridgehead atoms. The van der Waals surface area contributed by atoms with Crippen molar-refractivity contribution in [3.63, 3.8) is 0 Å². The Morgan fingerprint density at radius 2 is 1.83 bits per heavy atom. The van der Waals surface area contributed by atoms with Gasteiger partial charge in [0.05, 0.1) is 17.9 Å². The van der Waals surface area contributed by atoms with E-state index in [0.717, 1.165) is 24.9 Å². The Morgan fingerprint density at radius 3 is 2.57 bits per heavy atom. The summed E-state index contributed by atoms with van der Waals surface area (Å²) in [6.07, 6.45) is 2.93. The standard InChI is InChI=1S/C22H30N4O3S/c1-16-8-12-24(13-9-16)30(28,29)22-17(2)23-26(18(22)3)15-11-21(27)25-14-10-19-6-4-5-7-20(19)25/h4-7,16H,8-15H2,1-3H3. The quantitative estimate of drug-likeness (QED) is 0.731. The van der Waals surface area contributed by atoms with Crippen molar-refractivity contribution < 1.29 is 13.2 Å². The molecule has 3 heterocycles. The lowest BCUT2D eigenvalue weighted by Gasteiger charge is -2.29. The molecule has 30 heavy (non-hydrogen) atoms. The van der Waals surface area contributed by atoms with Crippen LogP contribution in [0.15, 0.2) is 29.2 Å². The fourth-order valence-electron chi connectivity index (χ4n) is 4.56. The minimum Gasteiger partial charge on any atom is -0.312 e. The Morgan fingerprint density at radius 1 is 1.13 bits per heavy atom. The lowest BCUT2D eigenvalue weighted by atomic mass is 10.0. The van der Waals surface area contributed by atoms with E-state index < -0.39 is 10.0 Å². The van der Waals surface area contributed by atoms with E-state index in [1.165, 1.54) is 5.56 Å². The molecule has 162 valence electrons. The first-order valence-electron chi connectivity index (χ1n) is 10.7. The maximum absolute atomic E-state index is 13.2. The van der Waals surface area contributed by atoms with Gasteiger partial charge in [0.15, 0.2) is 0 Å². The molecule has 0 unspecified atom stereocenters. The summed E-state index contributed by atoms with van der Waals surface area (Å²) in [5.41, 5.74) is 3.30. The minimum absolute atomic E-state index is 0.0435. The molecular formula is C22H30N4O3S. The number of carbonyl (C=O) groups is 1. The van der Waals surface area contributed by atoms with Gasteiger partial charge in [-0.3, -0.25) is 9.48 Å². The number of fused-ring (bicyclic) bond motifs is 1. The summed E-state index contributed by atoms with van der Waals surface area (Å²) in [6.45, 7) is 7.87. The van der Waals surface area contributed by atoms with E-state index in [9.17, 15) is 13.2 Å². The maximum atomic E-state index is 13.2. The smallest absolute Gasteiger partial charge is 0.246 e. The number of hydrogen-bond donors (Lipinski definition) is 0. The number of hydrogen-bond acceptors (Lipinski definition) is 4. The molecule has 8 heteroatoms. The van der Waals surface area contributed by atoms with E-state index in [0.29, 0.717) is 48.4 Å². The molecule has 1 fully saturated rings. The third-order valence-electron chi connectivity index (χ3n) is 6.38. The van der Waals surface area contributed by atoms with Crippen molar-refractivity contribution in [2.45, 2.75) is 57.9 Å². The number of carbonyl (C=O) groups excluding carboxylic acids is 1. The van der Waals surface area contributed by atoms with Gasteiger partial charge >= 0.3 is 0 Å². The third-order valence-corrected chi connectivity index (χ3v) is 8.53. The van der Waals surface area contributed by atoms with Gasteiger partial charge in [0.1, 0.15) is 4.90 Å². The molecular weight excluding hydrogens is 400 g/mol. The second kappa shape index (κ2) is 8.15. The molecule has 7 nitrogen and oxygen atoms in total. The van der Waals surface area contributed by atoms with Crippen LogP contribution in [0.2, 0.25) is 0 Å². The van der Waals surface area contributed by atoms with Crippen LogP contribution in [0.4, 0.5) is 5.69 Å². The first kappa shape index (κ1) is 21.1. The lowest BCUT2D eigenvalue weighted by Crippen LogP contribution is -2.38. The monoisotopic (exact) mass is 430 g/mol. The largest absolute Gasteiger partial charge is 0.312 e. The summed E-state index contributed by atoms with van der Waals surface area (Å²) in [7, 11) is -3.57. The molecule has 2 aliphatic rings. The van der Waals surface area contributed by atoms with Crippen LogP contribution < -0.4 is 4.90 Å². The number of piperidine rings is 1. The van der Waals surface area contributed by atoms with Gasteiger partial charge in [-0.25, -0.2) is 8.42 Å². The van der Waals surface area contributed by atoms with Crippen LogP contribution >= 0.6 is 0 Å². The highest BCUT2D eigenvalue weighted by Crippen LogP contribution is 2.29. The predicted molar refractivity (Wildman–Crippen MR) is 116 cm³/mol. The molecule has 0 aliphatic carbocycles.